The minimum atomic E-state index is -3.59. The zero-order chi connectivity index (χ0) is 19.4. The molecule has 25 heavy (non-hydrogen) atoms. The van der Waals surface area contributed by atoms with Crippen molar-refractivity contribution in [1.82, 2.24) is 5.32 Å². The van der Waals surface area contributed by atoms with Gasteiger partial charge in [-0.3, -0.25) is 9.10 Å². The molecule has 1 amide bonds. The first kappa shape index (κ1) is 21.5. The third kappa shape index (κ3) is 5.73. The molecular formula is C19H32N2O3S. The average Bonchev–Trinajstić information content (AvgIpc) is 2.47. The highest BCUT2D eigenvalue weighted by Crippen LogP contribution is 2.24. The van der Waals surface area contributed by atoms with E-state index in [9.17, 15) is 13.2 Å². The monoisotopic (exact) mass is 368 g/mol. The minimum Gasteiger partial charge on any atom is -0.351 e. The van der Waals surface area contributed by atoms with Crippen molar-refractivity contribution < 1.29 is 13.2 Å². The number of nitrogens with one attached hydrogen (secondary N) is 1. The average molecular weight is 369 g/mol. The molecule has 1 aromatic carbocycles. The van der Waals surface area contributed by atoms with E-state index < -0.39 is 16.1 Å². The Kier molecular flexibility index (Phi) is 7.47. The van der Waals surface area contributed by atoms with Crippen LogP contribution in [0.4, 0.5) is 5.69 Å². The Hall–Kier alpha value is -1.56. The molecular weight excluding hydrogens is 336 g/mol. The van der Waals surface area contributed by atoms with Crippen molar-refractivity contribution in [2.75, 3.05) is 10.6 Å². The predicted molar refractivity (Wildman–Crippen MR) is 104 cm³/mol. The molecule has 0 aliphatic rings. The highest BCUT2D eigenvalue weighted by atomic mass is 32.2. The van der Waals surface area contributed by atoms with Crippen molar-refractivity contribution in [3.63, 3.8) is 0 Å². The predicted octanol–water partition coefficient (Wildman–Crippen LogP) is 3.34. The van der Waals surface area contributed by atoms with Crippen molar-refractivity contribution in [3.8, 4) is 0 Å². The Morgan fingerprint density at radius 1 is 1.16 bits per heavy atom. The summed E-state index contributed by atoms with van der Waals surface area (Å²) in [5.74, 6) is 0.293. The molecule has 0 heterocycles. The summed E-state index contributed by atoms with van der Waals surface area (Å²) in [7, 11) is -3.59. The van der Waals surface area contributed by atoms with Gasteiger partial charge in [-0.05, 0) is 42.9 Å². The fourth-order valence-electron chi connectivity index (χ4n) is 3.19. The topological polar surface area (TPSA) is 66.5 Å². The molecule has 1 N–H and O–H groups in total. The molecule has 0 aromatic heterocycles. The SMILES string of the molecule is CC[C@@H](C(=O)NC(C(C)C)C(C)C)N(c1cccc(C)c1)S(C)(=O)=O. The molecule has 0 spiro atoms. The molecule has 0 aliphatic carbocycles. The second kappa shape index (κ2) is 8.70. The number of nitrogens with zero attached hydrogens (tertiary/aromatic N) is 1. The number of carbonyl (C=O) groups excluding carboxylic acids is 1. The Labute approximate surface area is 152 Å². The number of hydrogen-bond donors (Lipinski definition) is 1. The largest absolute Gasteiger partial charge is 0.351 e. The van der Waals surface area contributed by atoms with E-state index in [1.807, 2.05) is 19.9 Å². The summed E-state index contributed by atoms with van der Waals surface area (Å²) < 4.78 is 26.1. The standard InChI is InChI=1S/C19H32N2O3S/c1-8-17(19(22)20-18(13(2)3)14(4)5)21(25(7,23)24)16-11-9-10-15(6)12-16/h9-14,17-18H,8H2,1-7H3,(H,20,22)/t17-/m0/s1. The van der Waals surface area contributed by atoms with Gasteiger partial charge in [0, 0.05) is 6.04 Å². The molecule has 0 bridgehead atoms. The molecule has 1 atom stereocenters. The summed E-state index contributed by atoms with van der Waals surface area (Å²) in [5, 5.41) is 3.06. The van der Waals surface area contributed by atoms with E-state index in [-0.39, 0.29) is 23.8 Å². The first-order valence-corrected chi connectivity index (χ1v) is 10.7. The molecule has 0 aliphatic heterocycles. The van der Waals surface area contributed by atoms with Crippen LogP contribution in [-0.2, 0) is 14.8 Å². The van der Waals surface area contributed by atoms with Gasteiger partial charge < -0.3 is 5.32 Å². The van der Waals surface area contributed by atoms with Gasteiger partial charge in [0.2, 0.25) is 15.9 Å². The van der Waals surface area contributed by atoms with Crippen LogP contribution in [0.5, 0.6) is 0 Å². The lowest BCUT2D eigenvalue weighted by Gasteiger charge is -2.33. The van der Waals surface area contributed by atoms with E-state index in [0.717, 1.165) is 11.8 Å². The number of amides is 1. The summed E-state index contributed by atoms with van der Waals surface area (Å²) in [6.07, 6.45) is 1.55. The normalized spacial score (nSPS) is 13.4. The third-order valence-corrected chi connectivity index (χ3v) is 5.51. The quantitative estimate of drug-likeness (QED) is 0.765. The summed E-state index contributed by atoms with van der Waals surface area (Å²) in [5.41, 5.74) is 1.47. The Morgan fingerprint density at radius 2 is 1.72 bits per heavy atom. The lowest BCUT2D eigenvalue weighted by Crippen LogP contribution is -2.53. The van der Waals surface area contributed by atoms with Gasteiger partial charge in [-0.2, -0.15) is 0 Å². The van der Waals surface area contributed by atoms with E-state index in [1.165, 1.54) is 4.31 Å². The van der Waals surface area contributed by atoms with Gasteiger partial charge in [-0.1, -0.05) is 46.8 Å². The second-order valence-electron chi connectivity index (χ2n) is 7.34. The van der Waals surface area contributed by atoms with E-state index in [1.54, 1.807) is 18.2 Å². The van der Waals surface area contributed by atoms with Gasteiger partial charge in [-0.25, -0.2) is 8.42 Å². The summed E-state index contributed by atoms with van der Waals surface area (Å²) in [4.78, 5) is 12.9. The second-order valence-corrected chi connectivity index (χ2v) is 9.20. The van der Waals surface area contributed by atoms with Crippen LogP contribution < -0.4 is 9.62 Å². The Balaban J connectivity index is 3.24. The maximum atomic E-state index is 12.9. The molecule has 0 saturated heterocycles. The maximum Gasteiger partial charge on any atom is 0.244 e. The molecule has 1 rings (SSSR count). The molecule has 1 aromatic rings. The lowest BCUT2D eigenvalue weighted by molar-refractivity contribution is -0.123. The molecule has 6 heteroatoms. The van der Waals surface area contributed by atoms with E-state index in [0.29, 0.717) is 12.1 Å². The fraction of sp³-hybridized carbons (Fsp3) is 0.632. The number of sulfonamides is 1. The molecule has 5 nitrogen and oxygen atoms in total. The molecule has 0 saturated carbocycles. The van der Waals surface area contributed by atoms with Crippen LogP contribution in [0.2, 0.25) is 0 Å². The van der Waals surface area contributed by atoms with Crippen LogP contribution in [0.3, 0.4) is 0 Å². The van der Waals surface area contributed by atoms with E-state index in [4.69, 9.17) is 0 Å². The maximum absolute atomic E-state index is 12.9. The van der Waals surface area contributed by atoms with E-state index >= 15 is 0 Å². The zero-order valence-electron chi connectivity index (χ0n) is 16.4. The van der Waals surface area contributed by atoms with Crippen molar-refractivity contribution >= 4 is 21.6 Å². The van der Waals surface area contributed by atoms with Gasteiger partial charge in [-0.15, -0.1) is 0 Å². The fourth-order valence-corrected chi connectivity index (χ4v) is 4.39. The smallest absolute Gasteiger partial charge is 0.244 e. The molecule has 0 unspecified atom stereocenters. The number of anilines is 1. The summed E-state index contributed by atoms with van der Waals surface area (Å²) in [6, 6.07) is 6.46. The van der Waals surface area contributed by atoms with Gasteiger partial charge in [0.15, 0.2) is 0 Å². The summed E-state index contributed by atoms with van der Waals surface area (Å²) in [6.45, 7) is 12.0. The molecule has 0 fully saturated rings. The van der Waals surface area contributed by atoms with Gasteiger partial charge in [0.25, 0.3) is 0 Å². The van der Waals surface area contributed by atoms with Crippen molar-refractivity contribution in [2.24, 2.45) is 11.8 Å². The van der Waals surface area contributed by atoms with Crippen LogP contribution in [-0.4, -0.2) is 32.7 Å². The minimum absolute atomic E-state index is 0.000435. The van der Waals surface area contributed by atoms with Crippen molar-refractivity contribution in [3.05, 3.63) is 29.8 Å². The number of aryl methyl sites for hydroxylation is 1. The number of benzene rings is 1. The zero-order valence-corrected chi connectivity index (χ0v) is 17.2. The first-order chi connectivity index (χ1) is 11.5. The number of hydrogen-bond acceptors (Lipinski definition) is 3. The van der Waals surface area contributed by atoms with Crippen LogP contribution in [0.1, 0.15) is 46.6 Å². The first-order valence-electron chi connectivity index (χ1n) is 8.85. The highest BCUT2D eigenvalue weighted by molar-refractivity contribution is 7.92. The van der Waals surface area contributed by atoms with Crippen LogP contribution in [0.15, 0.2) is 24.3 Å². The van der Waals surface area contributed by atoms with E-state index in [2.05, 4.69) is 33.0 Å². The Bertz CT molecular complexity index is 676. The third-order valence-electron chi connectivity index (χ3n) is 4.33. The van der Waals surface area contributed by atoms with Crippen LogP contribution >= 0.6 is 0 Å². The molecule has 0 radical (unpaired) electrons. The van der Waals surface area contributed by atoms with Crippen LogP contribution in [0, 0.1) is 18.8 Å². The van der Waals surface area contributed by atoms with Crippen molar-refractivity contribution in [2.45, 2.75) is 60.0 Å². The number of carbonyl (C=O) groups is 1. The lowest BCUT2D eigenvalue weighted by atomic mass is 9.93. The van der Waals surface area contributed by atoms with Gasteiger partial charge in [0.05, 0.1) is 11.9 Å². The van der Waals surface area contributed by atoms with Gasteiger partial charge in [0.1, 0.15) is 6.04 Å². The van der Waals surface area contributed by atoms with Crippen LogP contribution in [0.25, 0.3) is 0 Å². The molecule has 142 valence electrons. The highest BCUT2D eigenvalue weighted by Gasteiger charge is 2.33. The van der Waals surface area contributed by atoms with Crippen molar-refractivity contribution in [1.29, 1.82) is 0 Å². The Morgan fingerprint density at radius 3 is 2.12 bits per heavy atom. The summed E-state index contributed by atoms with van der Waals surface area (Å²) >= 11 is 0. The van der Waals surface area contributed by atoms with Gasteiger partial charge >= 0.3 is 0 Å². The number of rotatable bonds is 8.